The fourth-order valence-corrected chi connectivity index (χ4v) is 1.71. The largest absolute Gasteiger partial charge is 0.455 e. The number of rotatable bonds is 0. The number of aliphatic imine (C=N–C) groups is 1. The lowest BCUT2D eigenvalue weighted by Gasteiger charge is -2.07. The second-order valence-corrected chi connectivity index (χ2v) is 3.90. The molecule has 0 aliphatic carbocycles. The van der Waals surface area contributed by atoms with Gasteiger partial charge in [0.2, 0.25) is 0 Å². The molecule has 0 bridgehead atoms. The summed E-state index contributed by atoms with van der Waals surface area (Å²) < 4.78 is 5.67. The maximum atomic E-state index is 5.67. The Morgan fingerprint density at radius 2 is 2.32 bits per heavy atom. The zero-order valence-electron chi connectivity index (χ0n) is 10.1. The van der Waals surface area contributed by atoms with Gasteiger partial charge < -0.3 is 4.74 Å². The van der Waals surface area contributed by atoms with E-state index in [1.807, 2.05) is 0 Å². The third-order valence-corrected chi connectivity index (χ3v) is 2.55. The van der Waals surface area contributed by atoms with E-state index in [1.165, 1.54) is 6.33 Å². The number of hydrogen-bond acceptors (Lipinski definition) is 5. The fourth-order valence-electron chi connectivity index (χ4n) is 1.71. The van der Waals surface area contributed by atoms with Crippen molar-refractivity contribution < 1.29 is 4.74 Å². The first-order valence-electron chi connectivity index (χ1n) is 5.70. The lowest BCUT2D eigenvalue weighted by Crippen LogP contribution is -2.29. The molecule has 3 rings (SSSR count). The van der Waals surface area contributed by atoms with E-state index in [9.17, 15) is 0 Å². The summed E-state index contributed by atoms with van der Waals surface area (Å²) in [5, 5.41) is 0.772. The number of fused-ring (bicyclic) bond motifs is 1. The second kappa shape index (κ2) is 4.84. The molecule has 3 heterocycles. The van der Waals surface area contributed by atoms with Gasteiger partial charge in [-0.25, -0.2) is 9.97 Å². The molecular formula is C14H10N4O. The average molecular weight is 250 g/mol. The SMILES string of the molecule is C=C1/C=c2/cncnc2=NCC2=C(C=C=CC=N2)O1. The summed E-state index contributed by atoms with van der Waals surface area (Å²) in [6.07, 6.45) is 9.98. The number of allylic oxidation sites excluding steroid dienone is 2. The van der Waals surface area contributed by atoms with E-state index in [2.05, 4.69) is 32.3 Å². The van der Waals surface area contributed by atoms with Crippen molar-refractivity contribution in [2.75, 3.05) is 6.54 Å². The molecule has 0 N–H and O–H groups in total. The summed E-state index contributed by atoms with van der Waals surface area (Å²) in [5.41, 5.74) is 4.26. The van der Waals surface area contributed by atoms with Gasteiger partial charge in [0.25, 0.3) is 0 Å². The molecule has 0 radical (unpaired) electrons. The van der Waals surface area contributed by atoms with E-state index >= 15 is 0 Å². The molecule has 92 valence electrons. The van der Waals surface area contributed by atoms with Crippen molar-refractivity contribution in [2.24, 2.45) is 9.98 Å². The third-order valence-electron chi connectivity index (χ3n) is 2.55. The Bertz CT molecular complexity index is 780. The molecule has 0 saturated heterocycles. The number of nitrogens with zero attached hydrogens (tertiary/aromatic N) is 4. The quantitative estimate of drug-likeness (QED) is 0.627. The maximum absolute atomic E-state index is 5.67. The van der Waals surface area contributed by atoms with Crippen LogP contribution in [0.3, 0.4) is 0 Å². The van der Waals surface area contributed by atoms with Crippen LogP contribution in [0.5, 0.6) is 0 Å². The van der Waals surface area contributed by atoms with Gasteiger partial charge in [-0.1, -0.05) is 6.58 Å². The highest BCUT2D eigenvalue weighted by atomic mass is 16.5. The van der Waals surface area contributed by atoms with Gasteiger partial charge in [-0.3, -0.25) is 9.98 Å². The van der Waals surface area contributed by atoms with Crippen LogP contribution in [0.2, 0.25) is 0 Å². The molecule has 5 nitrogen and oxygen atoms in total. The van der Waals surface area contributed by atoms with Gasteiger partial charge >= 0.3 is 0 Å². The van der Waals surface area contributed by atoms with E-state index < -0.39 is 0 Å². The smallest absolute Gasteiger partial charge is 0.158 e. The number of aromatic nitrogens is 2. The van der Waals surface area contributed by atoms with Crippen molar-refractivity contribution >= 4 is 12.3 Å². The van der Waals surface area contributed by atoms with E-state index in [0.717, 1.165) is 5.22 Å². The Kier molecular flexibility index (Phi) is 2.88. The van der Waals surface area contributed by atoms with Gasteiger partial charge in [-0.2, -0.15) is 0 Å². The lowest BCUT2D eigenvalue weighted by molar-refractivity contribution is 0.339. The van der Waals surface area contributed by atoms with Crippen LogP contribution in [0.1, 0.15) is 0 Å². The normalized spacial score (nSPS) is 18.7. The Balaban J connectivity index is 2.18. The van der Waals surface area contributed by atoms with Gasteiger partial charge in [-0.05, 0) is 12.2 Å². The molecule has 0 saturated carbocycles. The van der Waals surface area contributed by atoms with Crippen molar-refractivity contribution in [3.05, 3.63) is 64.9 Å². The molecule has 1 aromatic heterocycles. The highest BCUT2D eigenvalue weighted by Gasteiger charge is 2.08. The Morgan fingerprint density at radius 1 is 1.37 bits per heavy atom. The first kappa shape index (κ1) is 11.3. The van der Waals surface area contributed by atoms with Crippen LogP contribution in [0.4, 0.5) is 0 Å². The second-order valence-electron chi connectivity index (χ2n) is 3.90. The number of ether oxygens (including phenoxy) is 1. The van der Waals surface area contributed by atoms with Crippen molar-refractivity contribution in [1.82, 2.24) is 9.97 Å². The van der Waals surface area contributed by atoms with Crippen LogP contribution >= 0.6 is 0 Å². The topological polar surface area (TPSA) is 59.7 Å². The number of hydrogen-bond donors (Lipinski definition) is 0. The predicted octanol–water partition coefficient (Wildman–Crippen LogP) is 0.428. The van der Waals surface area contributed by atoms with Gasteiger partial charge in [-0.15, -0.1) is 5.73 Å². The van der Waals surface area contributed by atoms with Crippen LogP contribution < -0.4 is 10.7 Å². The molecule has 0 atom stereocenters. The zero-order valence-corrected chi connectivity index (χ0v) is 10.1. The molecular weight excluding hydrogens is 240 g/mol. The fraction of sp³-hybridized carbons (Fsp3) is 0.0714. The summed E-state index contributed by atoms with van der Waals surface area (Å²) in [6, 6.07) is 0. The highest BCUT2D eigenvalue weighted by molar-refractivity contribution is 5.73. The Hall–Kier alpha value is -2.78. The van der Waals surface area contributed by atoms with Crippen LogP contribution in [-0.2, 0) is 4.74 Å². The summed E-state index contributed by atoms with van der Waals surface area (Å²) in [4.78, 5) is 16.8. The molecule has 0 fully saturated rings. The average Bonchev–Trinajstić information content (AvgIpc) is 2.59. The highest BCUT2D eigenvalue weighted by Crippen LogP contribution is 2.15. The summed E-state index contributed by atoms with van der Waals surface area (Å²) in [5.74, 6) is 1.08. The minimum Gasteiger partial charge on any atom is -0.455 e. The van der Waals surface area contributed by atoms with Gasteiger partial charge in [0, 0.05) is 23.7 Å². The summed E-state index contributed by atoms with van der Waals surface area (Å²) in [6.45, 7) is 4.24. The lowest BCUT2D eigenvalue weighted by atomic mass is 10.3. The first-order valence-corrected chi connectivity index (χ1v) is 5.70. The van der Waals surface area contributed by atoms with Crippen LogP contribution in [-0.4, -0.2) is 22.7 Å². The minimum atomic E-state index is 0.378. The Morgan fingerprint density at radius 3 is 3.26 bits per heavy atom. The third kappa shape index (κ3) is 2.41. The molecule has 0 spiro atoms. The molecule has 2 aliphatic rings. The molecule has 2 aliphatic heterocycles. The van der Waals surface area contributed by atoms with Gasteiger partial charge in [0.05, 0.1) is 6.54 Å². The van der Waals surface area contributed by atoms with E-state index in [-0.39, 0.29) is 0 Å². The van der Waals surface area contributed by atoms with E-state index in [1.54, 1.807) is 30.6 Å². The summed E-state index contributed by atoms with van der Waals surface area (Å²) in [7, 11) is 0. The van der Waals surface area contributed by atoms with Gasteiger partial charge in [0.1, 0.15) is 17.8 Å². The predicted molar refractivity (Wildman–Crippen MR) is 70.5 cm³/mol. The standard InChI is InChI=1S/C14H10N4O/c1-10-6-11-7-15-9-18-14(11)17-8-12-13(19-10)4-2-3-5-16-12/h3-7,9H,1,8H2/b11-6-,17-14?. The van der Waals surface area contributed by atoms with Crippen LogP contribution in [0.25, 0.3) is 6.08 Å². The molecule has 19 heavy (non-hydrogen) atoms. The molecule has 0 aromatic carbocycles. The molecule has 0 unspecified atom stereocenters. The molecule has 1 aromatic rings. The van der Waals surface area contributed by atoms with Gasteiger partial charge in [0.15, 0.2) is 11.2 Å². The summed E-state index contributed by atoms with van der Waals surface area (Å²) >= 11 is 0. The van der Waals surface area contributed by atoms with Crippen LogP contribution in [0, 0.1) is 0 Å². The van der Waals surface area contributed by atoms with Crippen molar-refractivity contribution in [3.63, 3.8) is 0 Å². The Labute approximate surface area is 109 Å². The van der Waals surface area contributed by atoms with Crippen molar-refractivity contribution in [1.29, 1.82) is 0 Å². The zero-order chi connectivity index (χ0) is 13.1. The first-order chi connectivity index (χ1) is 9.33. The van der Waals surface area contributed by atoms with E-state index in [0.29, 0.717) is 29.2 Å². The van der Waals surface area contributed by atoms with Crippen molar-refractivity contribution in [3.8, 4) is 0 Å². The molecule has 5 heteroatoms. The monoisotopic (exact) mass is 250 g/mol. The molecule has 0 amide bonds. The van der Waals surface area contributed by atoms with E-state index in [4.69, 9.17) is 4.74 Å². The minimum absolute atomic E-state index is 0.378. The maximum Gasteiger partial charge on any atom is 0.158 e. The van der Waals surface area contributed by atoms with Crippen LogP contribution in [0.15, 0.2) is 64.2 Å². The van der Waals surface area contributed by atoms with Crippen molar-refractivity contribution in [2.45, 2.75) is 0 Å².